The second-order valence-corrected chi connectivity index (χ2v) is 8.32. The Kier molecular flexibility index (Phi) is 6.25. The number of hydrogen-bond donors (Lipinski definition) is 0. The molecular weight excluding hydrogens is 408 g/mol. The summed E-state index contributed by atoms with van der Waals surface area (Å²) in [6, 6.07) is 8.11. The van der Waals surface area contributed by atoms with Gasteiger partial charge in [-0.1, -0.05) is 19.8 Å². The molecule has 2 aromatic heterocycles. The Labute approximate surface area is 187 Å². The van der Waals surface area contributed by atoms with Crippen molar-refractivity contribution < 1.29 is 4.74 Å². The van der Waals surface area contributed by atoms with Gasteiger partial charge in [-0.15, -0.1) is 0 Å². The lowest BCUT2D eigenvalue weighted by molar-refractivity contribution is 0.415. The van der Waals surface area contributed by atoms with Crippen LogP contribution in [0.3, 0.4) is 0 Å². The largest absolute Gasteiger partial charge is 0.497 e. The average molecular weight is 441 g/mol. The number of anilines is 2. The lowest BCUT2D eigenvalue weighted by Gasteiger charge is -2.36. The zero-order valence-electron chi connectivity index (χ0n) is 19.4. The molecule has 1 aliphatic heterocycles. The van der Waals surface area contributed by atoms with Gasteiger partial charge in [-0.05, 0) is 30.7 Å². The van der Waals surface area contributed by atoms with E-state index in [0.717, 1.165) is 62.8 Å². The van der Waals surface area contributed by atoms with Gasteiger partial charge in [0.25, 0.3) is 5.56 Å². The lowest BCUT2D eigenvalue weighted by Crippen LogP contribution is -2.47. The Morgan fingerprint density at radius 2 is 1.59 bits per heavy atom. The number of rotatable bonds is 7. The van der Waals surface area contributed by atoms with E-state index in [0.29, 0.717) is 17.7 Å². The molecule has 4 rings (SSSR count). The van der Waals surface area contributed by atoms with Crippen molar-refractivity contribution in [3.63, 3.8) is 0 Å². The normalized spacial score (nSPS) is 14.4. The topological polar surface area (TPSA) is 77.5 Å². The second-order valence-electron chi connectivity index (χ2n) is 8.32. The summed E-state index contributed by atoms with van der Waals surface area (Å²) in [7, 11) is 4.88. The van der Waals surface area contributed by atoms with Crippen molar-refractivity contribution in [3.8, 4) is 5.75 Å². The van der Waals surface area contributed by atoms with Crippen molar-refractivity contribution in [2.24, 2.45) is 14.1 Å². The first-order chi connectivity index (χ1) is 15.5. The smallest absolute Gasteiger partial charge is 0.332 e. The highest BCUT2D eigenvalue weighted by Gasteiger charge is 2.25. The van der Waals surface area contributed by atoms with Crippen LogP contribution in [-0.2, 0) is 20.6 Å². The van der Waals surface area contributed by atoms with Gasteiger partial charge in [0.15, 0.2) is 11.2 Å². The number of unbranched alkanes of at least 4 members (excludes halogenated alkanes) is 2. The third kappa shape index (κ3) is 3.87. The average Bonchev–Trinajstić information content (AvgIpc) is 3.21. The maximum Gasteiger partial charge on any atom is 0.332 e. The van der Waals surface area contributed by atoms with E-state index >= 15 is 0 Å². The molecule has 1 fully saturated rings. The highest BCUT2D eigenvalue weighted by atomic mass is 16.5. The Hall–Kier alpha value is -3.23. The Bertz CT molecular complexity index is 1200. The summed E-state index contributed by atoms with van der Waals surface area (Å²) in [5.74, 6) is 1.63. The van der Waals surface area contributed by atoms with Gasteiger partial charge in [0, 0.05) is 52.5 Å². The number of piperazine rings is 1. The Balaban J connectivity index is 1.65. The van der Waals surface area contributed by atoms with Crippen LogP contribution in [0.2, 0.25) is 0 Å². The molecule has 0 aliphatic carbocycles. The van der Waals surface area contributed by atoms with Gasteiger partial charge in [-0.25, -0.2) is 4.79 Å². The summed E-state index contributed by atoms with van der Waals surface area (Å²) in [6.07, 6.45) is 3.14. The first-order valence-electron chi connectivity index (χ1n) is 11.3. The number of aromatic nitrogens is 4. The van der Waals surface area contributed by atoms with Gasteiger partial charge in [-0.3, -0.25) is 13.9 Å². The summed E-state index contributed by atoms with van der Waals surface area (Å²) in [5.41, 5.74) is 1.51. The fourth-order valence-electron chi connectivity index (χ4n) is 4.37. The van der Waals surface area contributed by atoms with Crippen LogP contribution in [0.1, 0.15) is 26.2 Å². The minimum absolute atomic E-state index is 0.282. The molecule has 0 radical (unpaired) electrons. The minimum Gasteiger partial charge on any atom is -0.497 e. The van der Waals surface area contributed by atoms with Gasteiger partial charge in [0.1, 0.15) is 5.75 Å². The van der Waals surface area contributed by atoms with E-state index in [2.05, 4.69) is 28.9 Å². The second kappa shape index (κ2) is 9.10. The monoisotopic (exact) mass is 440 g/mol. The molecule has 1 saturated heterocycles. The molecule has 0 unspecified atom stereocenters. The van der Waals surface area contributed by atoms with Gasteiger partial charge >= 0.3 is 5.69 Å². The summed E-state index contributed by atoms with van der Waals surface area (Å²) >= 11 is 0. The molecule has 1 aromatic carbocycles. The molecule has 0 amide bonds. The van der Waals surface area contributed by atoms with Crippen molar-refractivity contribution in [2.45, 2.75) is 32.7 Å². The van der Waals surface area contributed by atoms with Crippen LogP contribution in [0.4, 0.5) is 11.6 Å². The van der Waals surface area contributed by atoms with Crippen LogP contribution in [0.25, 0.3) is 11.2 Å². The quantitative estimate of drug-likeness (QED) is 0.523. The van der Waals surface area contributed by atoms with E-state index in [1.54, 1.807) is 14.2 Å². The predicted molar refractivity (Wildman–Crippen MR) is 127 cm³/mol. The van der Waals surface area contributed by atoms with Crippen LogP contribution in [-0.4, -0.2) is 52.0 Å². The fraction of sp³-hybridized carbons (Fsp3) is 0.522. The zero-order chi connectivity index (χ0) is 22.8. The van der Waals surface area contributed by atoms with E-state index in [-0.39, 0.29) is 11.2 Å². The highest BCUT2D eigenvalue weighted by Crippen LogP contribution is 2.25. The third-order valence-electron chi connectivity index (χ3n) is 6.31. The molecule has 32 heavy (non-hydrogen) atoms. The van der Waals surface area contributed by atoms with Crippen LogP contribution >= 0.6 is 0 Å². The molecule has 0 spiro atoms. The summed E-state index contributed by atoms with van der Waals surface area (Å²) in [6.45, 7) is 6.15. The summed E-state index contributed by atoms with van der Waals surface area (Å²) in [4.78, 5) is 34.8. The van der Waals surface area contributed by atoms with Crippen molar-refractivity contribution >= 4 is 22.8 Å². The van der Waals surface area contributed by atoms with Crippen molar-refractivity contribution in [1.29, 1.82) is 0 Å². The molecule has 0 bridgehead atoms. The number of ether oxygens (including phenoxy) is 1. The lowest BCUT2D eigenvalue weighted by atomic mass is 10.2. The molecule has 0 saturated carbocycles. The van der Waals surface area contributed by atoms with Gasteiger partial charge in [-0.2, -0.15) is 4.98 Å². The molecule has 0 N–H and O–H groups in total. The Morgan fingerprint density at radius 1 is 0.938 bits per heavy atom. The number of fused-ring (bicyclic) bond motifs is 1. The number of nitrogens with zero attached hydrogens (tertiary/aromatic N) is 6. The Morgan fingerprint density at radius 3 is 2.22 bits per heavy atom. The number of benzene rings is 1. The summed E-state index contributed by atoms with van der Waals surface area (Å²) < 4.78 is 9.93. The van der Waals surface area contributed by atoms with E-state index in [1.807, 2.05) is 16.7 Å². The molecule has 3 heterocycles. The van der Waals surface area contributed by atoms with Gasteiger partial charge < -0.3 is 19.1 Å². The standard InChI is InChI=1S/C23H32N6O3/c1-5-6-7-12-29-19-20(25(2)23(31)26(3)21(19)30)24-22(29)28-15-13-27(14-16-28)17-8-10-18(32-4)11-9-17/h8-11H,5-7,12-16H2,1-4H3. The maximum atomic E-state index is 13.0. The molecule has 9 nitrogen and oxygen atoms in total. The molecule has 1 aliphatic rings. The van der Waals surface area contributed by atoms with E-state index in [4.69, 9.17) is 9.72 Å². The van der Waals surface area contributed by atoms with Crippen molar-refractivity contribution in [1.82, 2.24) is 18.7 Å². The molecule has 9 heteroatoms. The first kappa shape index (κ1) is 22.0. The highest BCUT2D eigenvalue weighted by molar-refractivity contribution is 5.74. The maximum absolute atomic E-state index is 13.0. The molecule has 0 atom stereocenters. The van der Waals surface area contributed by atoms with E-state index in [1.165, 1.54) is 16.2 Å². The molecular formula is C23H32N6O3. The minimum atomic E-state index is -0.350. The number of imidazole rings is 1. The first-order valence-corrected chi connectivity index (χ1v) is 11.3. The van der Waals surface area contributed by atoms with Crippen LogP contribution in [0, 0.1) is 0 Å². The van der Waals surface area contributed by atoms with Gasteiger partial charge in [0.05, 0.1) is 7.11 Å². The van der Waals surface area contributed by atoms with Gasteiger partial charge in [0.2, 0.25) is 5.95 Å². The van der Waals surface area contributed by atoms with Crippen molar-refractivity contribution in [3.05, 3.63) is 45.1 Å². The number of methoxy groups -OCH3 is 1. The van der Waals surface area contributed by atoms with Crippen LogP contribution in [0.15, 0.2) is 33.9 Å². The predicted octanol–water partition coefficient (Wildman–Crippen LogP) is 1.96. The third-order valence-corrected chi connectivity index (χ3v) is 6.31. The van der Waals surface area contributed by atoms with Crippen LogP contribution < -0.4 is 25.8 Å². The van der Waals surface area contributed by atoms with Crippen molar-refractivity contribution in [2.75, 3.05) is 43.1 Å². The fourth-order valence-corrected chi connectivity index (χ4v) is 4.37. The zero-order valence-corrected chi connectivity index (χ0v) is 19.4. The SMILES string of the molecule is CCCCCn1c(N2CCN(c3ccc(OC)cc3)CC2)nc2c1c(=O)n(C)c(=O)n2C. The van der Waals surface area contributed by atoms with Crippen LogP contribution in [0.5, 0.6) is 5.75 Å². The van der Waals surface area contributed by atoms with E-state index < -0.39 is 0 Å². The number of aryl methyl sites for hydroxylation is 2. The number of hydrogen-bond acceptors (Lipinski definition) is 6. The molecule has 3 aromatic rings. The van der Waals surface area contributed by atoms with E-state index in [9.17, 15) is 9.59 Å². The molecule has 172 valence electrons. The summed E-state index contributed by atoms with van der Waals surface area (Å²) in [5, 5.41) is 0.